The molecular formula is C20H13Cl2FN2O. The Morgan fingerprint density at radius 1 is 1.08 bits per heavy atom. The molecule has 1 aliphatic rings. The van der Waals surface area contributed by atoms with E-state index in [-0.39, 0.29) is 11.5 Å². The predicted octanol–water partition coefficient (Wildman–Crippen LogP) is 5.53. The standard InChI is InChI=1S/C20H13Cl2FN2O/c21-14-4-1-12(2-5-14)11-13-3-10-17-18(20(22)26)24-25(19(13)17)16-8-6-15(23)7-9-16/h1-2,4-9,11H,3,10H2/b13-11-. The molecule has 1 heterocycles. The van der Waals surface area contributed by atoms with Gasteiger partial charge in [-0.3, -0.25) is 4.79 Å². The Morgan fingerprint density at radius 2 is 1.77 bits per heavy atom. The van der Waals surface area contributed by atoms with Crippen molar-refractivity contribution in [2.75, 3.05) is 0 Å². The fourth-order valence-corrected chi connectivity index (χ4v) is 3.50. The first-order valence-corrected chi connectivity index (χ1v) is 8.83. The van der Waals surface area contributed by atoms with Crippen LogP contribution in [-0.4, -0.2) is 15.0 Å². The van der Waals surface area contributed by atoms with Gasteiger partial charge in [0.15, 0.2) is 0 Å². The lowest BCUT2D eigenvalue weighted by molar-refractivity contribution is 0.107. The number of benzene rings is 2. The van der Waals surface area contributed by atoms with Crippen LogP contribution < -0.4 is 0 Å². The van der Waals surface area contributed by atoms with Crippen LogP contribution in [0.25, 0.3) is 17.3 Å². The molecule has 0 N–H and O–H groups in total. The lowest BCUT2D eigenvalue weighted by atomic mass is 10.1. The molecule has 0 spiro atoms. The van der Waals surface area contributed by atoms with E-state index in [1.54, 1.807) is 16.8 Å². The van der Waals surface area contributed by atoms with Crippen molar-refractivity contribution in [2.45, 2.75) is 12.8 Å². The highest BCUT2D eigenvalue weighted by Crippen LogP contribution is 2.37. The van der Waals surface area contributed by atoms with Gasteiger partial charge in [0.25, 0.3) is 5.24 Å². The molecule has 1 aliphatic carbocycles. The van der Waals surface area contributed by atoms with Crippen LogP contribution >= 0.6 is 23.2 Å². The van der Waals surface area contributed by atoms with Gasteiger partial charge in [-0.15, -0.1) is 0 Å². The average Bonchev–Trinajstić information content (AvgIpc) is 3.19. The summed E-state index contributed by atoms with van der Waals surface area (Å²) in [4.78, 5) is 11.8. The summed E-state index contributed by atoms with van der Waals surface area (Å²) in [5.74, 6) is -0.330. The minimum absolute atomic E-state index is 0.255. The summed E-state index contributed by atoms with van der Waals surface area (Å²) in [6.07, 6.45) is 3.50. The number of carbonyl (C=O) groups excluding carboxylic acids is 1. The number of aromatic nitrogens is 2. The third-order valence-electron chi connectivity index (χ3n) is 4.40. The van der Waals surface area contributed by atoms with E-state index in [0.29, 0.717) is 17.1 Å². The van der Waals surface area contributed by atoms with Gasteiger partial charge in [-0.2, -0.15) is 5.10 Å². The van der Waals surface area contributed by atoms with Crippen molar-refractivity contribution in [3.63, 3.8) is 0 Å². The molecule has 0 unspecified atom stereocenters. The minimum Gasteiger partial charge on any atom is -0.274 e. The molecule has 0 fully saturated rings. The molecule has 3 aromatic rings. The van der Waals surface area contributed by atoms with E-state index in [1.807, 2.05) is 30.3 Å². The Balaban J connectivity index is 1.87. The number of hydrogen-bond acceptors (Lipinski definition) is 2. The number of fused-ring (bicyclic) bond motifs is 1. The normalized spacial score (nSPS) is 14.7. The summed E-state index contributed by atoms with van der Waals surface area (Å²) in [5, 5.41) is 4.47. The SMILES string of the molecule is O=C(Cl)c1nn(-c2ccc(F)cc2)c2c1CC/C2=C/c1ccc(Cl)cc1. The van der Waals surface area contributed by atoms with Gasteiger partial charge >= 0.3 is 0 Å². The largest absolute Gasteiger partial charge is 0.274 e. The number of halogens is 3. The van der Waals surface area contributed by atoms with Gasteiger partial charge in [0.1, 0.15) is 11.5 Å². The van der Waals surface area contributed by atoms with Crippen LogP contribution in [0, 0.1) is 5.82 Å². The van der Waals surface area contributed by atoms with Gasteiger partial charge in [-0.25, -0.2) is 9.07 Å². The molecular weight excluding hydrogens is 374 g/mol. The Morgan fingerprint density at radius 3 is 2.42 bits per heavy atom. The van der Waals surface area contributed by atoms with Crippen molar-refractivity contribution < 1.29 is 9.18 Å². The van der Waals surface area contributed by atoms with Crippen LogP contribution in [0.4, 0.5) is 4.39 Å². The number of rotatable bonds is 3. The molecule has 0 aliphatic heterocycles. The Kier molecular flexibility index (Phi) is 4.39. The Hall–Kier alpha value is -2.43. The van der Waals surface area contributed by atoms with E-state index < -0.39 is 5.24 Å². The zero-order valence-corrected chi connectivity index (χ0v) is 15.1. The fraction of sp³-hybridized carbons (Fsp3) is 0.100. The zero-order chi connectivity index (χ0) is 18.3. The van der Waals surface area contributed by atoms with Crippen molar-refractivity contribution in [1.82, 2.24) is 9.78 Å². The van der Waals surface area contributed by atoms with Crippen LogP contribution in [-0.2, 0) is 6.42 Å². The van der Waals surface area contributed by atoms with Crippen molar-refractivity contribution in [1.29, 1.82) is 0 Å². The zero-order valence-electron chi connectivity index (χ0n) is 13.5. The van der Waals surface area contributed by atoms with E-state index in [1.165, 1.54) is 12.1 Å². The highest BCUT2D eigenvalue weighted by Gasteiger charge is 2.29. The first-order chi connectivity index (χ1) is 12.5. The summed E-state index contributed by atoms with van der Waals surface area (Å²) in [5.41, 5.74) is 4.65. The highest BCUT2D eigenvalue weighted by atomic mass is 35.5. The maximum atomic E-state index is 13.3. The second-order valence-corrected chi connectivity index (χ2v) is 6.84. The molecule has 6 heteroatoms. The first-order valence-electron chi connectivity index (χ1n) is 8.07. The van der Waals surface area contributed by atoms with E-state index in [9.17, 15) is 9.18 Å². The molecule has 1 aromatic heterocycles. The van der Waals surface area contributed by atoms with Crippen molar-refractivity contribution in [3.8, 4) is 5.69 Å². The predicted molar refractivity (Wildman–Crippen MR) is 101 cm³/mol. The van der Waals surface area contributed by atoms with E-state index in [0.717, 1.165) is 28.8 Å². The Labute approximate surface area is 159 Å². The van der Waals surface area contributed by atoms with E-state index in [2.05, 4.69) is 5.10 Å². The van der Waals surface area contributed by atoms with Crippen LogP contribution in [0.3, 0.4) is 0 Å². The van der Waals surface area contributed by atoms with E-state index >= 15 is 0 Å². The maximum absolute atomic E-state index is 13.3. The summed E-state index contributed by atoms with van der Waals surface area (Å²) in [6, 6.07) is 13.5. The van der Waals surface area contributed by atoms with Gasteiger partial charge < -0.3 is 0 Å². The van der Waals surface area contributed by atoms with Gasteiger partial charge in [0.05, 0.1) is 11.4 Å². The molecule has 0 amide bonds. The van der Waals surface area contributed by atoms with Crippen LogP contribution in [0.5, 0.6) is 0 Å². The molecule has 3 nitrogen and oxygen atoms in total. The lowest BCUT2D eigenvalue weighted by Gasteiger charge is -2.08. The van der Waals surface area contributed by atoms with Gasteiger partial charge in [0, 0.05) is 10.6 Å². The molecule has 4 rings (SSSR count). The number of hydrogen-bond donors (Lipinski definition) is 0. The Bertz CT molecular complexity index is 1020. The second kappa shape index (κ2) is 6.71. The summed E-state index contributed by atoms with van der Waals surface area (Å²) >= 11 is 11.7. The fourth-order valence-electron chi connectivity index (χ4n) is 3.22. The molecule has 26 heavy (non-hydrogen) atoms. The molecule has 2 aromatic carbocycles. The van der Waals surface area contributed by atoms with Crippen LogP contribution in [0.2, 0.25) is 5.02 Å². The summed E-state index contributed by atoms with van der Waals surface area (Å²) in [6.45, 7) is 0. The number of allylic oxidation sites excluding steroid dienone is 1. The minimum atomic E-state index is -0.588. The maximum Gasteiger partial charge on any atom is 0.273 e. The van der Waals surface area contributed by atoms with Gasteiger partial charge in [-0.05, 0) is 78.1 Å². The lowest BCUT2D eigenvalue weighted by Crippen LogP contribution is -2.02. The third kappa shape index (κ3) is 3.06. The average molecular weight is 387 g/mol. The van der Waals surface area contributed by atoms with E-state index in [4.69, 9.17) is 23.2 Å². The van der Waals surface area contributed by atoms with Crippen molar-refractivity contribution in [3.05, 3.63) is 81.9 Å². The monoisotopic (exact) mass is 386 g/mol. The van der Waals surface area contributed by atoms with Crippen molar-refractivity contribution in [2.24, 2.45) is 0 Å². The molecule has 0 radical (unpaired) electrons. The molecule has 0 saturated carbocycles. The molecule has 0 saturated heterocycles. The molecule has 130 valence electrons. The first kappa shape index (κ1) is 17.0. The second-order valence-electron chi connectivity index (χ2n) is 6.06. The molecule has 0 atom stereocenters. The number of nitrogens with zero attached hydrogens (tertiary/aromatic N) is 2. The van der Waals surface area contributed by atoms with Gasteiger partial charge in [-0.1, -0.05) is 23.7 Å². The summed E-state index contributed by atoms with van der Waals surface area (Å²) < 4.78 is 14.9. The smallest absolute Gasteiger partial charge is 0.273 e. The van der Waals surface area contributed by atoms with Crippen LogP contribution in [0.1, 0.15) is 33.7 Å². The van der Waals surface area contributed by atoms with Gasteiger partial charge in [0.2, 0.25) is 0 Å². The van der Waals surface area contributed by atoms with Crippen LogP contribution in [0.15, 0.2) is 48.5 Å². The quantitative estimate of drug-likeness (QED) is 0.554. The molecule has 0 bridgehead atoms. The summed E-state index contributed by atoms with van der Waals surface area (Å²) in [7, 11) is 0. The third-order valence-corrected chi connectivity index (χ3v) is 4.83. The number of carbonyl (C=O) groups is 1. The topological polar surface area (TPSA) is 34.9 Å². The highest BCUT2D eigenvalue weighted by molar-refractivity contribution is 6.67. The van der Waals surface area contributed by atoms with Crippen molar-refractivity contribution >= 4 is 40.1 Å².